The molecule has 9 heteroatoms. The van der Waals surface area contributed by atoms with Crippen molar-refractivity contribution in [3.05, 3.63) is 0 Å². The third-order valence-electron chi connectivity index (χ3n) is 13.5. The molecule has 1 fully saturated rings. The third-order valence-corrected chi connectivity index (χ3v) is 13.5. The summed E-state index contributed by atoms with van der Waals surface area (Å²) in [7, 11) is 0. The largest absolute Gasteiger partial charge is 0.457 e. The van der Waals surface area contributed by atoms with Crippen LogP contribution in [0.25, 0.3) is 0 Å². The van der Waals surface area contributed by atoms with Gasteiger partial charge in [-0.25, -0.2) is 0 Å². The lowest BCUT2D eigenvalue weighted by molar-refractivity contribution is -0.305. The second kappa shape index (κ2) is 47.3. The molecule has 0 aromatic heterocycles. The zero-order chi connectivity index (χ0) is 46.4. The second-order valence-electron chi connectivity index (χ2n) is 19.8. The highest BCUT2D eigenvalue weighted by Gasteiger charge is 2.44. The quantitative estimate of drug-likeness (QED) is 0.0347. The highest BCUT2D eigenvalue weighted by Crippen LogP contribution is 2.23. The van der Waals surface area contributed by atoms with Crippen molar-refractivity contribution in [3.8, 4) is 0 Å². The van der Waals surface area contributed by atoms with Gasteiger partial charge in [-0.2, -0.15) is 0 Å². The van der Waals surface area contributed by atoms with E-state index in [1.54, 1.807) is 0 Å². The van der Waals surface area contributed by atoms with Crippen molar-refractivity contribution in [2.75, 3.05) is 26.4 Å². The molecule has 1 aliphatic rings. The first-order valence-corrected chi connectivity index (χ1v) is 28.1. The predicted molar refractivity (Wildman–Crippen MR) is 266 cm³/mol. The first kappa shape index (κ1) is 61.2. The Morgan fingerprint density at radius 1 is 0.438 bits per heavy atom. The van der Waals surface area contributed by atoms with Gasteiger partial charge in [-0.05, 0) is 12.8 Å². The van der Waals surface area contributed by atoms with E-state index in [-0.39, 0.29) is 19.2 Å². The van der Waals surface area contributed by atoms with E-state index in [9.17, 15) is 25.2 Å². The second-order valence-corrected chi connectivity index (χ2v) is 19.8. The molecule has 382 valence electrons. The van der Waals surface area contributed by atoms with Crippen LogP contribution in [0.1, 0.15) is 284 Å². The van der Waals surface area contributed by atoms with Crippen LogP contribution in [0.5, 0.6) is 0 Å². The maximum absolute atomic E-state index is 12.9. The Hall–Kier alpha value is -0.810. The Balaban J connectivity index is 2.13. The van der Waals surface area contributed by atoms with Crippen LogP contribution in [0.3, 0.4) is 0 Å². The fourth-order valence-corrected chi connectivity index (χ4v) is 9.14. The number of aliphatic hydroxyl groups is 4. The summed E-state index contributed by atoms with van der Waals surface area (Å²) in [5.41, 5.74) is 0. The van der Waals surface area contributed by atoms with E-state index in [0.29, 0.717) is 13.0 Å². The smallest absolute Gasteiger partial charge is 0.306 e. The monoisotopic (exact) mass is 913 g/mol. The summed E-state index contributed by atoms with van der Waals surface area (Å²) < 4.78 is 23.0. The molecule has 0 spiro atoms. The molecule has 1 aliphatic heterocycles. The molecule has 1 rings (SSSR count). The van der Waals surface area contributed by atoms with E-state index < -0.39 is 43.4 Å². The molecule has 1 heterocycles. The predicted octanol–water partition coefficient (Wildman–Crippen LogP) is 14.2. The molecule has 6 unspecified atom stereocenters. The summed E-state index contributed by atoms with van der Waals surface area (Å²) >= 11 is 0. The van der Waals surface area contributed by atoms with Gasteiger partial charge in [0, 0.05) is 13.0 Å². The summed E-state index contributed by atoms with van der Waals surface area (Å²) in [6, 6.07) is 0. The van der Waals surface area contributed by atoms with Crippen LogP contribution in [-0.2, 0) is 23.7 Å². The van der Waals surface area contributed by atoms with Crippen molar-refractivity contribution < 1.29 is 44.2 Å². The number of carbonyl (C=O) groups excluding carboxylic acids is 1. The molecule has 0 radical (unpaired) electrons. The van der Waals surface area contributed by atoms with Crippen molar-refractivity contribution in [2.24, 2.45) is 0 Å². The average Bonchev–Trinajstić information content (AvgIpc) is 3.30. The number of esters is 1. The molecule has 64 heavy (non-hydrogen) atoms. The number of carbonyl (C=O) groups is 1. The number of hydrogen-bond donors (Lipinski definition) is 4. The highest BCUT2D eigenvalue weighted by atomic mass is 16.7. The van der Waals surface area contributed by atoms with Gasteiger partial charge in [-0.3, -0.25) is 4.79 Å². The van der Waals surface area contributed by atoms with Gasteiger partial charge in [-0.15, -0.1) is 0 Å². The molecule has 6 atom stereocenters. The zero-order valence-corrected chi connectivity index (χ0v) is 42.3. The lowest BCUT2D eigenvalue weighted by Crippen LogP contribution is -2.59. The van der Waals surface area contributed by atoms with Crippen molar-refractivity contribution >= 4 is 5.97 Å². The van der Waals surface area contributed by atoms with Gasteiger partial charge in [0.05, 0.1) is 19.8 Å². The fraction of sp³-hybridized carbons (Fsp3) is 0.982. The Morgan fingerprint density at radius 2 is 0.766 bits per heavy atom. The van der Waals surface area contributed by atoms with Crippen LogP contribution in [0.4, 0.5) is 0 Å². The van der Waals surface area contributed by atoms with Gasteiger partial charge in [0.25, 0.3) is 0 Å². The Labute approximate surface area is 395 Å². The lowest BCUT2D eigenvalue weighted by Gasteiger charge is -2.39. The first-order chi connectivity index (χ1) is 31.4. The minimum absolute atomic E-state index is 0.104. The fourth-order valence-electron chi connectivity index (χ4n) is 9.14. The first-order valence-electron chi connectivity index (χ1n) is 28.1. The average molecular weight is 913 g/mol. The van der Waals surface area contributed by atoms with Crippen LogP contribution in [0.15, 0.2) is 0 Å². The molecular weight excluding hydrogens is 805 g/mol. The maximum Gasteiger partial charge on any atom is 0.306 e. The van der Waals surface area contributed by atoms with Crippen LogP contribution in [-0.4, -0.2) is 89.6 Å². The summed E-state index contributed by atoms with van der Waals surface area (Å²) in [4.78, 5) is 12.9. The standard InChI is InChI=1S/C55H108O9/c1-3-5-7-9-11-13-15-17-19-21-22-23-24-25-26-27-28-30-32-34-36-38-40-42-44-51(57)63-49(48-62-55-54(60)53(59)52(58)50(46-56)64-55)47-61-45-43-41-39-37-35-33-31-29-20-18-16-14-12-10-8-6-4-2/h49-50,52-56,58-60H,3-48H2,1-2H3. The van der Waals surface area contributed by atoms with Crippen molar-refractivity contribution in [1.29, 1.82) is 0 Å². The van der Waals surface area contributed by atoms with Gasteiger partial charge in [0.1, 0.15) is 30.5 Å². The van der Waals surface area contributed by atoms with Crippen LogP contribution in [0.2, 0.25) is 0 Å². The summed E-state index contributed by atoms with van der Waals surface area (Å²) in [6.45, 7) is 4.64. The molecule has 0 aromatic rings. The number of hydrogen-bond acceptors (Lipinski definition) is 9. The van der Waals surface area contributed by atoms with Crippen LogP contribution in [0, 0.1) is 0 Å². The SMILES string of the molecule is CCCCCCCCCCCCCCCCCCCCCCCCCCC(=O)OC(COCCCCCCCCCCCCCCCCCCC)COC1OC(CO)C(O)C(O)C1O. The lowest BCUT2D eigenvalue weighted by atomic mass is 9.99. The maximum atomic E-state index is 12.9. The normalized spacial score (nSPS) is 19.4. The van der Waals surface area contributed by atoms with Crippen molar-refractivity contribution in [1.82, 2.24) is 0 Å². The summed E-state index contributed by atoms with van der Waals surface area (Å²) in [6.07, 6.45) is 47.2. The number of rotatable bonds is 50. The van der Waals surface area contributed by atoms with Gasteiger partial charge < -0.3 is 39.4 Å². The Morgan fingerprint density at radius 3 is 1.11 bits per heavy atom. The topological polar surface area (TPSA) is 135 Å². The molecule has 0 bridgehead atoms. The highest BCUT2D eigenvalue weighted by molar-refractivity contribution is 5.69. The van der Waals surface area contributed by atoms with Gasteiger partial charge in [-0.1, -0.05) is 264 Å². The van der Waals surface area contributed by atoms with E-state index in [0.717, 1.165) is 32.1 Å². The van der Waals surface area contributed by atoms with Gasteiger partial charge in [0.15, 0.2) is 6.29 Å². The van der Waals surface area contributed by atoms with Crippen LogP contribution < -0.4 is 0 Å². The van der Waals surface area contributed by atoms with E-state index in [2.05, 4.69) is 13.8 Å². The molecule has 0 saturated carbocycles. The minimum atomic E-state index is -1.53. The molecule has 0 aromatic carbocycles. The zero-order valence-electron chi connectivity index (χ0n) is 42.3. The third kappa shape index (κ3) is 37.2. The Kier molecular flexibility index (Phi) is 45.2. The Bertz CT molecular complexity index is 950. The summed E-state index contributed by atoms with van der Waals surface area (Å²) in [5.74, 6) is -0.303. The van der Waals surface area contributed by atoms with E-state index >= 15 is 0 Å². The van der Waals surface area contributed by atoms with Crippen LogP contribution >= 0.6 is 0 Å². The van der Waals surface area contributed by atoms with Crippen molar-refractivity contribution in [3.63, 3.8) is 0 Å². The molecule has 4 N–H and O–H groups in total. The number of aliphatic hydroxyl groups excluding tert-OH is 4. The van der Waals surface area contributed by atoms with E-state index in [1.165, 1.54) is 231 Å². The molecule has 9 nitrogen and oxygen atoms in total. The number of ether oxygens (including phenoxy) is 4. The van der Waals surface area contributed by atoms with Gasteiger partial charge in [0.2, 0.25) is 0 Å². The molecule has 1 saturated heterocycles. The van der Waals surface area contributed by atoms with E-state index in [4.69, 9.17) is 18.9 Å². The molecule has 0 aliphatic carbocycles. The van der Waals surface area contributed by atoms with Gasteiger partial charge >= 0.3 is 5.97 Å². The molecular formula is C55H108O9. The van der Waals surface area contributed by atoms with Crippen molar-refractivity contribution in [2.45, 2.75) is 320 Å². The number of unbranched alkanes of at least 4 members (excludes halogenated alkanes) is 39. The van der Waals surface area contributed by atoms with E-state index in [1.807, 2.05) is 0 Å². The summed E-state index contributed by atoms with van der Waals surface area (Å²) in [5, 5.41) is 40.3. The minimum Gasteiger partial charge on any atom is -0.457 e. The molecule has 0 amide bonds.